The number of ketones is 1. The average molecular weight is 333 g/mol. The van der Waals surface area contributed by atoms with Gasteiger partial charge in [-0.05, 0) is 29.1 Å². The van der Waals surface area contributed by atoms with Gasteiger partial charge in [0.15, 0.2) is 5.78 Å². The summed E-state index contributed by atoms with van der Waals surface area (Å²) in [4.78, 5) is 24.4. The van der Waals surface area contributed by atoms with Crippen LogP contribution in [0, 0.1) is 0 Å². The topological polar surface area (TPSA) is 64.6 Å². The number of amides is 1. The number of carbonyl (C=O) groups excluding carboxylic acids is 2. The molecule has 0 aliphatic rings. The van der Waals surface area contributed by atoms with Crippen LogP contribution in [-0.2, 0) is 11.3 Å². The van der Waals surface area contributed by atoms with Crippen molar-refractivity contribution in [2.75, 3.05) is 14.2 Å². The van der Waals surface area contributed by atoms with Gasteiger partial charge in [0.1, 0.15) is 11.5 Å². The van der Waals surface area contributed by atoms with Gasteiger partial charge in [0, 0.05) is 25.5 Å². The van der Waals surface area contributed by atoms with Crippen molar-refractivity contribution in [2.24, 2.45) is 0 Å². The van der Waals surface area contributed by atoms with Crippen LogP contribution in [0.25, 0.3) is 0 Å². The van der Waals surface area contributed by atoms with E-state index in [9.17, 15) is 9.59 Å². The Kier molecular flexibility index (Phi) is 6.17. The molecule has 5 nitrogen and oxygen atoms in total. The fraction of sp³-hybridized carbons (Fsp3) is 0.294. The molecule has 1 heterocycles. The highest BCUT2D eigenvalue weighted by Crippen LogP contribution is 2.22. The molecular formula is C17H19NO4S. The molecule has 23 heavy (non-hydrogen) atoms. The van der Waals surface area contributed by atoms with E-state index in [1.807, 2.05) is 23.6 Å². The Morgan fingerprint density at radius 3 is 2.35 bits per heavy atom. The number of methoxy groups -OCH3 is 2. The minimum Gasteiger partial charge on any atom is -0.497 e. The molecule has 0 saturated carbocycles. The van der Waals surface area contributed by atoms with Crippen LogP contribution in [0.15, 0.2) is 35.7 Å². The molecule has 1 aromatic heterocycles. The van der Waals surface area contributed by atoms with E-state index >= 15 is 0 Å². The average Bonchev–Trinajstić information content (AvgIpc) is 3.12. The van der Waals surface area contributed by atoms with E-state index in [0.717, 1.165) is 5.56 Å². The number of carbonyl (C=O) groups is 2. The fourth-order valence-corrected chi connectivity index (χ4v) is 2.74. The van der Waals surface area contributed by atoms with Crippen LogP contribution < -0.4 is 14.8 Å². The fourth-order valence-electron chi connectivity index (χ4n) is 2.04. The van der Waals surface area contributed by atoms with Gasteiger partial charge >= 0.3 is 0 Å². The summed E-state index contributed by atoms with van der Waals surface area (Å²) in [5.74, 6) is 1.18. The van der Waals surface area contributed by atoms with Crippen LogP contribution in [0.1, 0.15) is 28.1 Å². The number of ether oxygens (including phenoxy) is 2. The predicted octanol–water partition coefficient (Wildman–Crippen LogP) is 3.04. The summed E-state index contributed by atoms with van der Waals surface area (Å²) in [7, 11) is 3.15. The Hall–Kier alpha value is -2.34. The summed E-state index contributed by atoms with van der Waals surface area (Å²) in [6, 6.07) is 9.03. The Balaban J connectivity index is 1.83. The molecule has 0 aliphatic heterocycles. The predicted molar refractivity (Wildman–Crippen MR) is 89.3 cm³/mol. The zero-order chi connectivity index (χ0) is 16.7. The minimum absolute atomic E-state index is 0.00167. The Morgan fingerprint density at radius 1 is 1.09 bits per heavy atom. The second kappa shape index (κ2) is 8.33. The molecule has 0 unspecified atom stereocenters. The molecular weight excluding hydrogens is 314 g/mol. The first kappa shape index (κ1) is 17.0. The van der Waals surface area contributed by atoms with E-state index < -0.39 is 0 Å². The smallest absolute Gasteiger partial charge is 0.220 e. The van der Waals surface area contributed by atoms with Crippen molar-refractivity contribution in [2.45, 2.75) is 19.4 Å². The first-order valence-electron chi connectivity index (χ1n) is 7.17. The van der Waals surface area contributed by atoms with Crippen LogP contribution in [-0.4, -0.2) is 25.9 Å². The van der Waals surface area contributed by atoms with Gasteiger partial charge in [0.25, 0.3) is 0 Å². The molecule has 0 atom stereocenters. The third kappa shape index (κ3) is 5.10. The summed E-state index contributed by atoms with van der Waals surface area (Å²) in [5, 5.41) is 4.65. The number of thiophene rings is 1. The third-order valence-corrected chi connectivity index (χ3v) is 4.19. The summed E-state index contributed by atoms with van der Waals surface area (Å²) in [6.07, 6.45) is 0.394. The molecule has 0 fully saturated rings. The maximum absolute atomic E-state index is 11.9. The Morgan fingerprint density at radius 2 is 1.78 bits per heavy atom. The van der Waals surface area contributed by atoms with E-state index in [2.05, 4.69) is 5.32 Å². The lowest BCUT2D eigenvalue weighted by Gasteiger charge is -2.09. The van der Waals surface area contributed by atoms with E-state index in [1.54, 1.807) is 26.4 Å². The standard InChI is InChI=1S/C17H19NO4S/c1-21-13-8-12(9-14(10-13)22-2)11-18-17(20)6-5-15(19)16-4-3-7-23-16/h3-4,7-10H,5-6,11H2,1-2H3,(H,18,20). The zero-order valence-electron chi connectivity index (χ0n) is 13.1. The number of benzene rings is 1. The van der Waals surface area contributed by atoms with Crippen LogP contribution in [0.3, 0.4) is 0 Å². The molecule has 0 aliphatic carbocycles. The summed E-state index contributed by atoms with van der Waals surface area (Å²) >= 11 is 1.39. The lowest BCUT2D eigenvalue weighted by Crippen LogP contribution is -2.23. The van der Waals surface area contributed by atoms with Gasteiger partial charge in [-0.15, -0.1) is 11.3 Å². The number of hydrogen-bond donors (Lipinski definition) is 1. The second-order valence-corrected chi connectivity index (χ2v) is 5.85. The minimum atomic E-state index is -0.156. The van der Waals surface area contributed by atoms with Crippen LogP contribution in [0.5, 0.6) is 11.5 Å². The quantitative estimate of drug-likeness (QED) is 0.754. The maximum atomic E-state index is 11.9. The van der Waals surface area contributed by atoms with Gasteiger partial charge in [-0.2, -0.15) is 0 Å². The zero-order valence-corrected chi connectivity index (χ0v) is 13.9. The van der Waals surface area contributed by atoms with Gasteiger partial charge in [-0.3, -0.25) is 9.59 Å². The van der Waals surface area contributed by atoms with Gasteiger partial charge < -0.3 is 14.8 Å². The van der Waals surface area contributed by atoms with Crippen molar-refractivity contribution in [3.05, 3.63) is 46.2 Å². The van der Waals surface area contributed by atoms with Gasteiger partial charge in [0.2, 0.25) is 5.91 Å². The Bertz CT molecular complexity index is 645. The lowest BCUT2D eigenvalue weighted by molar-refractivity contribution is -0.121. The van der Waals surface area contributed by atoms with Crippen molar-refractivity contribution in [3.63, 3.8) is 0 Å². The van der Waals surface area contributed by atoms with E-state index in [-0.39, 0.29) is 24.5 Å². The summed E-state index contributed by atoms with van der Waals surface area (Å²) < 4.78 is 10.4. The normalized spacial score (nSPS) is 10.2. The highest BCUT2D eigenvalue weighted by molar-refractivity contribution is 7.12. The number of rotatable bonds is 8. The van der Waals surface area contributed by atoms with Crippen molar-refractivity contribution in [1.29, 1.82) is 0 Å². The van der Waals surface area contributed by atoms with Crippen LogP contribution in [0.2, 0.25) is 0 Å². The summed E-state index contributed by atoms with van der Waals surface area (Å²) in [5.41, 5.74) is 0.874. The summed E-state index contributed by atoms with van der Waals surface area (Å²) in [6.45, 7) is 0.361. The molecule has 1 N–H and O–H groups in total. The molecule has 6 heteroatoms. The van der Waals surface area contributed by atoms with E-state index in [4.69, 9.17) is 9.47 Å². The largest absolute Gasteiger partial charge is 0.497 e. The van der Waals surface area contributed by atoms with Crippen molar-refractivity contribution >= 4 is 23.0 Å². The van der Waals surface area contributed by atoms with Gasteiger partial charge in [-0.1, -0.05) is 6.07 Å². The SMILES string of the molecule is COc1cc(CNC(=O)CCC(=O)c2cccs2)cc(OC)c1. The molecule has 2 aromatic rings. The number of Topliss-reactive ketones (excluding diaryl/α,β-unsaturated/α-hetero) is 1. The molecule has 1 aromatic carbocycles. The monoisotopic (exact) mass is 333 g/mol. The van der Waals surface area contributed by atoms with Gasteiger partial charge in [0.05, 0.1) is 19.1 Å². The van der Waals surface area contributed by atoms with Crippen molar-refractivity contribution in [3.8, 4) is 11.5 Å². The van der Waals surface area contributed by atoms with Crippen molar-refractivity contribution in [1.82, 2.24) is 5.32 Å². The molecule has 0 bridgehead atoms. The molecule has 0 radical (unpaired) electrons. The highest BCUT2D eigenvalue weighted by Gasteiger charge is 2.10. The molecule has 2 rings (SSSR count). The van der Waals surface area contributed by atoms with Gasteiger partial charge in [-0.25, -0.2) is 0 Å². The molecule has 1 amide bonds. The first-order chi connectivity index (χ1) is 11.1. The highest BCUT2D eigenvalue weighted by atomic mass is 32.1. The molecule has 0 saturated heterocycles. The molecule has 122 valence electrons. The third-order valence-electron chi connectivity index (χ3n) is 3.28. The second-order valence-electron chi connectivity index (χ2n) is 4.90. The lowest BCUT2D eigenvalue weighted by atomic mass is 10.1. The first-order valence-corrected chi connectivity index (χ1v) is 8.05. The maximum Gasteiger partial charge on any atom is 0.220 e. The van der Waals surface area contributed by atoms with Crippen molar-refractivity contribution < 1.29 is 19.1 Å². The number of hydrogen-bond acceptors (Lipinski definition) is 5. The number of nitrogens with one attached hydrogen (secondary N) is 1. The van der Waals surface area contributed by atoms with E-state index in [0.29, 0.717) is 22.9 Å². The van der Waals surface area contributed by atoms with E-state index in [1.165, 1.54) is 11.3 Å². The molecule has 0 spiro atoms. The van der Waals surface area contributed by atoms with Crippen LogP contribution in [0.4, 0.5) is 0 Å². The van der Waals surface area contributed by atoms with Crippen LogP contribution >= 0.6 is 11.3 Å². The Labute approximate surface area is 139 Å².